The van der Waals surface area contributed by atoms with Gasteiger partial charge in [-0.15, -0.1) is 11.6 Å². The Morgan fingerprint density at radius 3 is 3.08 bits per heavy atom. The summed E-state index contributed by atoms with van der Waals surface area (Å²) >= 11 is 8.81. The molecule has 0 atom stereocenters. The summed E-state index contributed by atoms with van der Waals surface area (Å²) in [6, 6.07) is 8.55. The maximum Gasteiger partial charge on any atom is 0.120 e. The predicted molar refractivity (Wildman–Crippen MR) is 53.8 cm³/mol. The van der Waals surface area contributed by atoms with Gasteiger partial charge in [0.2, 0.25) is 0 Å². The maximum absolute atomic E-state index is 5.50. The minimum atomic E-state index is 0.639. The Morgan fingerprint density at radius 2 is 2.42 bits per heavy atom. The highest BCUT2D eigenvalue weighted by molar-refractivity contribution is 9.10. The van der Waals surface area contributed by atoms with Gasteiger partial charge >= 0.3 is 0 Å². The molecule has 1 aromatic rings. The van der Waals surface area contributed by atoms with Crippen LogP contribution in [0.15, 0.2) is 22.7 Å². The zero-order valence-electron chi connectivity index (χ0n) is 6.52. The van der Waals surface area contributed by atoms with Gasteiger partial charge in [-0.05, 0) is 30.7 Å². The summed E-state index contributed by atoms with van der Waals surface area (Å²) < 4.78 is 6.30. The first-order valence-corrected chi connectivity index (χ1v) is 5.01. The van der Waals surface area contributed by atoms with Gasteiger partial charge < -0.3 is 4.74 Å². The molecule has 0 bridgehead atoms. The number of benzene rings is 1. The average molecular weight is 249 g/mol. The molecule has 65 valence electrons. The summed E-state index contributed by atoms with van der Waals surface area (Å²) in [6.07, 6.45) is 0.873. The van der Waals surface area contributed by atoms with Crippen molar-refractivity contribution in [1.82, 2.24) is 0 Å². The van der Waals surface area contributed by atoms with Crippen molar-refractivity contribution in [1.29, 1.82) is 0 Å². The Hall–Kier alpha value is -0.210. The van der Waals surface area contributed by atoms with Crippen LogP contribution in [0.3, 0.4) is 0 Å². The fraction of sp³-hybridized carbons (Fsp3) is 0.333. The van der Waals surface area contributed by atoms with Gasteiger partial charge in [0, 0.05) is 10.4 Å². The van der Waals surface area contributed by atoms with E-state index in [9.17, 15) is 0 Å². The first-order chi connectivity index (χ1) is 5.83. The molecular formula is C9H9BrClO. The maximum atomic E-state index is 5.50. The van der Waals surface area contributed by atoms with Gasteiger partial charge in [-0.1, -0.05) is 15.9 Å². The summed E-state index contributed by atoms with van der Waals surface area (Å²) in [4.78, 5) is 0. The predicted octanol–water partition coefficient (Wildman–Crippen LogP) is 3.26. The second-order valence-electron chi connectivity index (χ2n) is 2.26. The highest BCUT2D eigenvalue weighted by Crippen LogP contribution is 2.17. The third-order valence-corrected chi connectivity index (χ3v) is 2.01. The van der Waals surface area contributed by atoms with E-state index in [0.29, 0.717) is 12.5 Å². The molecule has 0 N–H and O–H groups in total. The molecule has 1 rings (SSSR count). The number of rotatable bonds is 4. The van der Waals surface area contributed by atoms with Crippen LogP contribution >= 0.6 is 27.5 Å². The summed E-state index contributed by atoms with van der Waals surface area (Å²) in [7, 11) is 0. The Labute approximate surface area is 85.8 Å². The van der Waals surface area contributed by atoms with Crippen molar-refractivity contribution in [3.05, 3.63) is 28.7 Å². The van der Waals surface area contributed by atoms with Crippen LogP contribution in [-0.2, 0) is 0 Å². The van der Waals surface area contributed by atoms with Crippen molar-refractivity contribution >= 4 is 27.5 Å². The van der Waals surface area contributed by atoms with Crippen molar-refractivity contribution in [3.63, 3.8) is 0 Å². The molecule has 1 radical (unpaired) electrons. The van der Waals surface area contributed by atoms with Gasteiger partial charge in [0.25, 0.3) is 0 Å². The molecule has 12 heavy (non-hydrogen) atoms. The van der Waals surface area contributed by atoms with Gasteiger partial charge in [-0.2, -0.15) is 0 Å². The molecule has 3 heteroatoms. The van der Waals surface area contributed by atoms with Gasteiger partial charge in [0.1, 0.15) is 5.75 Å². The van der Waals surface area contributed by atoms with Crippen LogP contribution in [0.25, 0.3) is 0 Å². The second-order valence-corrected chi connectivity index (χ2v) is 3.50. The van der Waals surface area contributed by atoms with Crippen molar-refractivity contribution in [3.8, 4) is 5.75 Å². The van der Waals surface area contributed by atoms with Gasteiger partial charge in [0.15, 0.2) is 0 Å². The van der Waals surface area contributed by atoms with Crippen LogP contribution in [0.1, 0.15) is 6.42 Å². The van der Waals surface area contributed by atoms with E-state index in [1.54, 1.807) is 0 Å². The van der Waals surface area contributed by atoms with E-state index in [1.807, 2.05) is 18.2 Å². The monoisotopic (exact) mass is 247 g/mol. The number of ether oxygens (including phenoxy) is 1. The molecule has 0 aliphatic carbocycles. The zero-order chi connectivity index (χ0) is 8.81. The van der Waals surface area contributed by atoms with E-state index >= 15 is 0 Å². The standard InChI is InChI=1S/C9H9BrClO/c10-8-3-1-4-9(7-8)12-6-2-5-11/h1,4,7H,2,5-6H2. The Morgan fingerprint density at radius 1 is 1.58 bits per heavy atom. The van der Waals surface area contributed by atoms with Crippen molar-refractivity contribution in [2.24, 2.45) is 0 Å². The minimum Gasteiger partial charge on any atom is -0.494 e. The lowest BCUT2D eigenvalue weighted by Crippen LogP contribution is -1.97. The summed E-state index contributed by atoms with van der Waals surface area (Å²) in [5, 5.41) is 0. The molecule has 0 unspecified atom stereocenters. The number of hydrogen-bond donors (Lipinski definition) is 0. The quantitative estimate of drug-likeness (QED) is 0.587. The molecule has 0 saturated heterocycles. The van der Waals surface area contributed by atoms with Crippen LogP contribution in [0, 0.1) is 6.07 Å². The Balaban J connectivity index is 2.41. The lowest BCUT2D eigenvalue weighted by atomic mass is 10.3. The fourth-order valence-corrected chi connectivity index (χ4v) is 1.22. The van der Waals surface area contributed by atoms with Crippen LogP contribution < -0.4 is 4.74 Å². The van der Waals surface area contributed by atoms with Gasteiger partial charge in [0.05, 0.1) is 6.61 Å². The second kappa shape index (κ2) is 5.44. The third kappa shape index (κ3) is 3.46. The van der Waals surface area contributed by atoms with E-state index < -0.39 is 0 Å². The molecule has 0 amide bonds. The molecule has 0 fully saturated rings. The van der Waals surface area contributed by atoms with E-state index in [-0.39, 0.29) is 0 Å². The zero-order valence-corrected chi connectivity index (χ0v) is 8.86. The molecule has 0 spiro atoms. The highest BCUT2D eigenvalue weighted by Gasteiger charge is 1.93. The van der Waals surface area contributed by atoms with Crippen LogP contribution in [-0.4, -0.2) is 12.5 Å². The first-order valence-electron chi connectivity index (χ1n) is 3.69. The number of hydrogen-bond acceptors (Lipinski definition) is 1. The minimum absolute atomic E-state index is 0.639. The normalized spacial score (nSPS) is 9.83. The molecule has 0 aliphatic heterocycles. The molecule has 0 aliphatic rings. The lowest BCUT2D eigenvalue weighted by Gasteiger charge is -2.03. The largest absolute Gasteiger partial charge is 0.494 e. The molecule has 0 saturated carbocycles. The summed E-state index contributed by atoms with van der Waals surface area (Å²) in [5.41, 5.74) is 0. The summed E-state index contributed by atoms with van der Waals surface area (Å²) in [6.45, 7) is 0.667. The van der Waals surface area contributed by atoms with Crippen molar-refractivity contribution in [2.45, 2.75) is 6.42 Å². The van der Waals surface area contributed by atoms with E-state index in [0.717, 1.165) is 16.6 Å². The Kier molecular flexibility index (Phi) is 4.48. The van der Waals surface area contributed by atoms with E-state index in [2.05, 4.69) is 22.0 Å². The van der Waals surface area contributed by atoms with Gasteiger partial charge in [-0.3, -0.25) is 0 Å². The number of halogens is 2. The topological polar surface area (TPSA) is 9.23 Å². The molecular weight excluding hydrogens is 239 g/mol. The smallest absolute Gasteiger partial charge is 0.120 e. The van der Waals surface area contributed by atoms with Gasteiger partial charge in [-0.25, -0.2) is 0 Å². The SMILES string of the molecule is ClCCCOc1cc[c]c(Br)c1. The number of alkyl halides is 1. The Bertz CT molecular complexity index is 240. The molecule has 1 aromatic carbocycles. The average Bonchev–Trinajstić information content (AvgIpc) is 2.05. The molecule has 0 aromatic heterocycles. The van der Waals surface area contributed by atoms with E-state index in [4.69, 9.17) is 16.3 Å². The van der Waals surface area contributed by atoms with Crippen molar-refractivity contribution < 1.29 is 4.74 Å². The van der Waals surface area contributed by atoms with Crippen molar-refractivity contribution in [2.75, 3.05) is 12.5 Å². The molecule has 1 nitrogen and oxygen atoms in total. The lowest BCUT2D eigenvalue weighted by molar-refractivity contribution is 0.318. The fourth-order valence-electron chi connectivity index (χ4n) is 0.752. The third-order valence-electron chi connectivity index (χ3n) is 1.28. The van der Waals surface area contributed by atoms with Crippen LogP contribution in [0.5, 0.6) is 5.75 Å². The highest BCUT2D eigenvalue weighted by atomic mass is 79.9. The van der Waals surface area contributed by atoms with E-state index in [1.165, 1.54) is 0 Å². The van der Waals surface area contributed by atoms with Crippen LogP contribution in [0.4, 0.5) is 0 Å². The first kappa shape index (κ1) is 9.87. The molecule has 0 heterocycles. The summed E-state index contributed by atoms with van der Waals surface area (Å²) in [5.74, 6) is 1.49. The van der Waals surface area contributed by atoms with Crippen LogP contribution in [0.2, 0.25) is 0 Å².